The number of hydrogen-bond acceptors (Lipinski definition) is 8. The molecule has 2 aliphatic rings. The van der Waals surface area contributed by atoms with Gasteiger partial charge in [0.2, 0.25) is 10.0 Å². The Labute approximate surface area is 228 Å². The highest BCUT2D eigenvalue weighted by Gasteiger charge is 2.44. The van der Waals surface area contributed by atoms with Crippen LogP contribution in [0.2, 0.25) is 0 Å². The second kappa shape index (κ2) is 12.4. The molecule has 4 N–H and O–H groups in total. The van der Waals surface area contributed by atoms with E-state index in [1.807, 2.05) is 0 Å². The Balaban J connectivity index is 1.66. The van der Waals surface area contributed by atoms with E-state index in [0.717, 1.165) is 0 Å². The third kappa shape index (κ3) is 7.03. The van der Waals surface area contributed by atoms with Crippen LogP contribution in [0.15, 0.2) is 59.5 Å². The number of nitrogens with two attached hydrogens (primary N) is 1. The van der Waals surface area contributed by atoms with Gasteiger partial charge in [-0.1, -0.05) is 44.2 Å². The minimum Gasteiger partial charge on any atom is -0.443 e. The fourth-order valence-electron chi connectivity index (χ4n) is 4.44. The van der Waals surface area contributed by atoms with Crippen LogP contribution in [0.1, 0.15) is 29.9 Å². The summed E-state index contributed by atoms with van der Waals surface area (Å²) in [6.07, 6.45) is -4.83. The lowest BCUT2D eigenvalue weighted by molar-refractivity contribution is -0.0907. The molecule has 208 valence electrons. The van der Waals surface area contributed by atoms with Gasteiger partial charge in [-0.3, -0.25) is 0 Å². The van der Waals surface area contributed by atoms with Gasteiger partial charge in [0.05, 0.1) is 37.5 Å². The fourth-order valence-corrected chi connectivity index (χ4v) is 5.88. The van der Waals surface area contributed by atoms with E-state index in [9.17, 15) is 18.3 Å². The summed E-state index contributed by atoms with van der Waals surface area (Å²) in [4.78, 5) is 12.8. The summed E-state index contributed by atoms with van der Waals surface area (Å²) in [6.45, 7) is 0.377. The number of nitrogens with zero attached hydrogens (tertiary/aromatic N) is 1. The molecule has 0 aromatic heterocycles. The Morgan fingerprint density at radius 2 is 1.95 bits per heavy atom. The molecule has 2 heterocycles. The van der Waals surface area contributed by atoms with Crippen molar-refractivity contribution >= 4 is 21.8 Å². The molecule has 0 bridgehead atoms. The van der Waals surface area contributed by atoms with Gasteiger partial charge in [-0.15, -0.1) is 0 Å². The number of ether oxygens (including phenoxy) is 3. The van der Waals surface area contributed by atoms with Crippen LogP contribution in [-0.2, 0) is 30.7 Å². The zero-order valence-corrected chi connectivity index (χ0v) is 22.3. The van der Waals surface area contributed by atoms with E-state index in [1.165, 1.54) is 24.3 Å². The minimum absolute atomic E-state index is 0.111. The highest BCUT2D eigenvalue weighted by atomic mass is 32.2. The summed E-state index contributed by atoms with van der Waals surface area (Å²) in [5, 5.41) is 14.1. The molecule has 2 fully saturated rings. The average molecular weight is 551 g/mol. The molecular weight excluding hydrogens is 510 g/mol. The van der Waals surface area contributed by atoms with Crippen LogP contribution >= 0.6 is 0 Å². The summed E-state index contributed by atoms with van der Waals surface area (Å²) in [6, 6.07) is 12.1. The Morgan fingerprint density at radius 3 is 2.63 bits per heavy atom. The van der Waals surface area contributed by atoms with Crippen LogP contribution in [0.5, 0.6) is 0 Å². The van der Waals surface area contributed by atoms with Crippen molar-refractivity contribution in [1.82, 2.24) is 9.62 Å². The van der Waals surface area contributed by atoms with Gasteiger partial charge in [-0.05, 0) is 48.6 Å². The van der Waals surface area contributed by atoms with Gasteiger partial charge < -0.3 is 30.4 Å². The summed E-state index contributed by atoms with van der Waals surface area (Å²) in [5.41, 5.74) is 6.60. The number of carbonyl (C=O) groups excluding carboxylic acids is 1. The number of rotatable bonds is 11. The Morgan fingerprint density at radius 1 is 1.24 bits per heavy atom. The summed E-state index contributed by atoms with van der Waals surface area (Å²) in [7, 11) is -4.57. The molecule has 2 aliphatic heterocycles. The maximum atomic E-state index is 13.7. The first-order valence-corrected chi connectivity index (χ1v) is 14.0. The van der Waals surface area contributed by atoms with E-state index in [-0.39, 0.29) is 36.3 Å². The molecule has 2 saturated heterocycles. The van der Waals surface area contributed by atoms with E-state index in [0.29, 0.717) is 28.6 Å². The number of nitrogen functional groups attached to an aromatic ring is 1. The van der Waals surface area contributed by atoms with Crippen LogP contribution in [0, 0.1) is 11.8 Å². The molecule has 38 heavy (non-hydrogen) atoms. The van der Waals surface area contributed by atoms with E-state index < -0.39 is 47.1 Å². The first-order valence-electron chi connectivity index (χ1n) is 14.1. The SMILES string of the molecule is [2H]C([2H])(N(CC(C)C)S(=O)(=O)c1ccc(N)cc1)[C@]([2H])(O)[C@H](Cc1ccccc1)NC(=O)O[C@H]1CO[C@H]2OCC[C@H]21. The van der Waals surface area contributed by atoms with E-state index in [1.54, 1.807) is 44.2 Å². The zero-order chi connectivity index (χ0) is 30.0. The normalized spacial score (nSPS) is 25.2. The predicted octanol–water partition coefficient (Wildman–Crippen LogP) is 2.38. The predicted molar refractivity (Wildman–Crippen MR) is 142 cm³/mol. The number of alkyl carbamates (subject to hydrolysis) is 1. The minimum atomic E-state index is -4.57. The molecule has 10 nitrogen and oxygen atoms in total. The monoisotopic (exact) mass is 550 g/mol. The Bertz CT molecular complexity index is 1300. The lowest BCUT2D eigenvalue weighted by Crippen LogP contribution is -2.51. The number of aliphatic hydroxyl groups is 1. The van der Waals surface area contributed by atoms with Crippen LogP contribution in [0.3, 0.4) is 0 Å². The van der Waals surface area contributed by atoms with E-state index in [2.05, 4.69) is 5.32 Å². The maximum absolute atomic E-state index is 13.7. The number of nitrogens with one attached hydrogen (secondary N) is 1. The van der Waals surface area contributed by atoms with Gasteiger partial charge in [0.25, 0.3) is 0 Å². The van der Waals surface area contributed by atoms with Crippen LogP contribution in [0.4, 0.5) is 10.5 Å². The van der Waals surface area contributed by atoms with Gasteiger partial charge in [0.1, 0.15) is 6.10 Å². The number of sulfonamides is 1. The summed E-state index contributed by atoms with van der Waals surface area (Å²) < 4.78 is 71.2. The van der Waals surface area contributed by atoms with Gasteiger partial charge in [0, 0.05) is 21.5 Å². The number of benzene rings is 2. The van der Waals surface area contributed by atoms with E-state index >= 15 is 0 Å². The molecule has 0 spiro atoms. The Kier molecular flexibility index (Phi) is 7.97. The summed E-state index contributed by atoms with van der Waals surface area (Å²) >= 11 is 0. The second-order valence-electron chi connectivity index (χ2n) is 9.85. The van der Waals surface area contributed by atoms with Crippen molar-refractivity contribution < 1.29 is 36.6 Å². The van der Waals surface area contributed by atoms with E-state index in [4.69, 9.17) is 24.1 Å². The first kappa shape index (κ1) is 24.3. The molecule has 4 rings (SSSR count). The van der Waals surface area contributed by atoms with Crippen LogP contribution in [0.25, 0.3) is 0 Å². The molecule has 0 aliphatic carbocycles. The first-order chi connectivity index (χ1) is 19.2. The third-order valence-electron chi connectivity index (χ3n) is 6.39. The van der Waals surface area contributed by atoms with Crippen LogP contribution < -0.4 is 11.1 Å². The highest BCUT2D eigenvalue weighted by Crippen LogP contribution is 2.33. The lowest BCUT2D eigenvalue weighted by atomic mass is 10.0. The molecule has 0 radical (unpaired) electrons. The van der Waals surface area contributed by atoms with Crippen molar-refractivity contribution in [2.75, 3.05) is 32.0 Å². The molecule has 2 aromatic carbocycles. The van der Waals surface area contributed by atoms with Crippen molar-refractivity contribution in [1.29, 1.82) is 0 Å². The average Bonchev–Trinajstić information content (AvgIpc) is 3.52. The standard InChI is InChI=1S/C27H37N3O7S/c1-18(2)15-30(38(33,34)21-10-8-20(28)9-11-21)16-24(31)23(14-19-6-4-3-5-7-19)29-27(32)37-25-17-36-26-22(25)12-13-35-26/h3-11,18,22-26,31H,12-17,28H2,1-2H3,(H,29,32)/t22-,23-,24-,25-,26+/m0/s1/i16D2,24D. The molecule has 11 heteroatoms. The van der Waals surface area contributed by atoms with Crippen molar-refractivity contribution in [3.63, 3.8) is 0 Å². The van der Waals surface area contributed by atoms with Gasteiger partial charge >= 0.3 is 6.09 Å². The second-order valence-corrected chi connectivity index (χ2v) is 11.7. The molecule has 2 aromatic rings. The maximum Gasteiger partial charge on any atom is 0.407 e. The zero-order valence-electron chi connectivity index (χ0n) is 24.4. The van der Waals surface area contributed by atoms with Gasteiger partial charge in [0.15, 0.2) is 6.29 Å². The van der Waals surface area contributed by atoms with Gasteiger partial charge in [-0.25, -0.2) is 13.2 Å². The Hall–Kier alpha value is -2.70. The molecular formula is C27H37N3O7S. The third-order valence-corrected chi connectivity index (χ3v) is 8.08. The number of hydrogen-bond donors (Lipinski definition) is 3. The highest BCUT2D eigenvalue weighted by molar-refractivity contribution is 7.89. The van der Waals surface area contributed by atoms with Crippen molar-refractivity contribution in [2.24, 2.45) is 11.8 Å². The molecule has 1 amide bonds. The van der Waals surface area contributed by atoms with Crippen molar-refractivity contribution in [3.05, 3.63) is 60.2 Å². The van der Waals surface area contributed by atoms with Crippen molar-refractivity contribution in [3.8, 4) is 0 Å². The summed E-state index contributed by atoms with van der Waals surface area (Å²) in [5.74, 6) is -0.542. The molecule has 0 unspecified atom stereocenters. The number of amides is 1. The fraction of sp³-hybridized carbons (Fsp3) is 0.519. The number of anilines is 1. The molecule has 0 saturated carbocycles. The van der Waals surface area contributed by atoms with Gasteiger partial charge in [-0.2, -0.15) is 4.31 Å². The molecule has 5 atom stereocenters. The number of fused-ring (bicyclic) bond motifs is 1. The quantitative estimate of drug-likeness (QED) is 0.362. The van der Waals surface area contributed by atoms with Crippen LogP contribution in [-0.4, -0.2) is 74.7 Å². The number of carbonyl (C=O) groups is 1. The topological polar surface area (TPSA) is 140 Å². The largest absolute Gasteiger partial charge is 0.443 e. The smallest absolute Gasteiger partial charge is 0.407 e. The van der Waals surface area contributed by atoms with Crippen molar-refractivity contribution in [2.45, 2.75) is 56.1 Å². The lowest BCUT2D eigenvalue weighted by Gasteiger charge is -2.31.